The van der Waals surface area contributed by atoms with Gasteiger partial charge in [-0.1, -0.05) is 42.5 Å². The van der Waals surface area contributed by atoms with Crippen molar-refractivity contribution in [2.24, 2.45) is 0 Å². The molecule has 6 rings (SSSR count). The van der Waals surface area contributed by atoms with Gasteiger partial charge in [0.15, 0.2) is 0 Å². The summed E-state index contributed by atoms with van der Waals surface area (Å²) >= 11 is 1.61. The summed E-state index contributed by atoms with van der Waals surface area (Å²) in [5.41, 5.74) is 6.07. The molecular formula is C28H21N5O2S. The number of nitrogens with zero attached hydrogens (tertiary/aromatic N) is 5. The summed E-state index contributed by atoms with van der Waals surface area (Å²) in [4.78, 5) is 19.4. The molecule has 8 heteroatoms. The zero-order valence-electron chi connectivity index (χ0n) is 19.3. The molecule has 0 fully saturated rings. The van der Waals surface area contributed by atoms with E-state index in [-0.39, 0.29) is 12.3 Å². The lowest BCUT2D eigenvalue weighted by Crippen LogP contribution is -2.37. The zero-order valence-corrected chi connectivity index (χ0v) is 20.2. The molecule has 1 aliphatic rings. The SMILES string of the molecule is N#Cc1ccc2c(c1)CN(C(=O)Cc1nnc(Cc3nc4ccc(-c5ccccc5)cc4s3)o1)CC2. The fraction of sp³-hybridized carbons (Fsp3) is 0.179. The Balaban J connectivity index is 1.12. The second kappa shape index (κ2) is 9.36. The van der Waals surface area contributed by atoms with E-state index < -0.39 is 0 Å². The van der Waals surface area contributed by atoms with Gasteiger partial charge in [-0.15, -0.1) is 21.5 Å². The minimum atomic E-state index is -0.0633. The van der Waals surface area contributed by atoms with E-state index >= 15 is 0 Å². The first-order valence-electron chi connectivity index (χ1n) is 11.7. The van der Waals surface area contributed by atoms with Gasteiger partial charge in [-0.2, -0.15) is 5.26 Å². The second-order valence-electron chi connectivity index (χ2n) is 8.76. The summed E-state index contributed by atoms with van der Waals surface area (Å²) in [6, 6.07) is 24.4. The van der Waals surface area contributed by atoms with Gasteiger partial charge in [0.2, 0.25) is 17.7 Å². The average molecular weight is 492 g/mol. The van der Waals surface area contributed by atoms with E-state index in [0.717, 1.165) is 32.8 Å². The fourth-order valence-electron chi connectivity index (χ4n) is 4.50. The molecule has 7 nitrogen and oxygen atoms in total. The van der Waals surface area contributed by atoms with Crippen LogP contribution in [0, 0.1) is 11.3 Å². The molecule has 0 saturated heterocycles. The van der Waals surface area contributed by atoms with E-state index in [0.29, 0.717) is 36.9 Å². The predicted octanol–water partition coefficient (Wildman–Crippen LogP) is 4.94. The van der Waals surface area contributed by atoms with Crippen LogP contribution in [0.2, 0.25) is 0 Å². The number of amides is 1. The summed E-state index contributed by atoms with van der Waals surface area (Å²) in [5.74, 6) is 0.688. The monoisotopic (exact) mass is 491 g/mol. The summed E-state index contributed by atoms with van der Waals surface area (Å²) in [6.45, 7) is 1.12. The molecule has 1 amide bonds. The number of fused-ring (bicyclic) bond motifs is 2. The first-order valence-corrected chi connectivity index (χ1v) is 12.5. The van der Waals surface area contributed by atoms with Crippen LogP contribution in [0.15, 0.2) is 71.1 Å². The number of rotatable bonds is 5. The quantitative estimate of drug-likeness (QED) is 0.346. The number of nitriles is 1. The minimum Gasteiger partial charge on any atom is -0.424 e. The summed E-state index contributed by atoms with van der Waals surface area (Å²) in [5, 5.41) is 18.3. The number of hydrogen-bond donors (Lipinski definition) is 0. The highest BCUT2D eigenvalue weighted by Gasteiger charge is 2.23. The van der Waals surface area contributed by atoms with Gasteiger partial charge in [-0.3, -0.25) is 4.79 Å². The van der Waals surface area contributed by atoms with Crippen LogP contribution < -0.4 is 0 Å². The molecule has 3 aromatic carbocycles. The Morgan fingerprint density at radius 2 is 1.86 bits per heavy atom. The van der Waals surface area contributed by atoms with Gasteiger partial charge in [-0.05, 0) is 52.9 Å². The normalized spacial score (nSPS) is 12.9. The molecule has 0 aliphatic carbocycles. The average Bonchev–Trinajstić information content (AvgIpc) is 3.53. The molecule has 0 unspecified atom stereocenters. The maximum Gasteiger partial charge on any atom is 0.232 e. The van der Waals surface area contributed by atoms with Crippen LogP contribution >= 0.6 is 11.3 Å². The molecule has 0 spiro atoms. The fourth-order valence-corrected chi connectivity index (χ4v) is 5.50. The van der Waals surface area contributed by atoms with Gasteiger partial charge in [0, 0.05) is 13.1 Å². The molecule has 5 aromatic rings. The first-order chi connectivity index (χ1) is 17.6. The molecule has 3 heterocycles. The van der Waals surface area contributed by atoms with Gasteiger partial charge in [0.05, 0.1) is 28.3 Å². The summed E-state index contributed by atoms with van der Waals surface area (Å²) in [6.07, 6.45) is 1.25. The van der Waals surface area contributed by atoms with Crippen molar-refractivity contribution < 1.29 is 9.21 Å². The van der Waals surface area contributed by atoms with Crippen LogP contribution in [0.5, 0.6) is 0 Å². The Hall–Kier alpha value is -4.35. The second-order valence-corrected chi connectivity index (χ2v) is 9.88. The van der Waals surface area contributed by atoms with Crippen molar-refractivity contribution in [2.45, 2.75) is 25.8 Å². The number of thiazole rings is 1. The van der Waals surface area contributed by atoms with Crippen LogP contribution in [0.3, 0.4) is 0 Å². The molecule has 0 bridgehead atoms. The van der Waals surface area contributed by atoms with Crippen molar-refractivity contribution in [3.63, 3.8) is 0 Å². The molecule has 176 valence electrons. The van der Waals surface area contributed by atoms with Crippen molar-refractivity contribution in [2.75, 3.05) is 6.54 Å². The Morgan fingerprint density at radius 3 is 2.72 bits per heavy atom. The van der Waals surface area contributed by atoms with E-state index in [2.05, 4.69) is 40.5 Å². The molecule has 36 heavy (non-hydrogen) atoms. The van der Waals surface area contributed by atoms with Crippen molar-refractivity contribution in [3.05, 3.63) is 100 Å². The van der Waals surface area contributed by atoms with Crippen LogP contribution in [-0.2, 0) is 30.6 Å². The number of benzene rings is 3. The van der Waals surface area contributed by atoms with Crippen LogP contribution in [0.4, 0.5) is 0 Å². The van der Waals surface area contributed by atoms with E-state index in [9.17, 15) is 4.79 Å². The largest absolute Gasteiger partial charge is 0.424 e. The van der Waals surface area contributed by atoms with Crippen molar-refractivity contribution in [1.29, 1.82) is 5.26 Å². The topological polar surface area (TPSA) is 95.9 Å². The minimum absolute atomic E-state index is 0.0561. The van der Waals surface area contributed by atoms with Gasteiger partial charge in [0.1, 0.15) is 11.4 Å². The molecule has 0 N–H and O–H groups in total. The predicted molar refractivity (Wildman–Crippen MR) is 136 cm³/mol. The van der Waals surface area contributed by atoms with Crippen molar-refractivity contribution in [1.82, 2.24) is 20.1 Å². The van der Waals surface area contributed by atoms with E-state index in [1.165, 1.54) is 11.1 Å². The highest BCUT2D eigenvalue weighted by molar-refractivity contribution is 7.18. The first kappa shape index (κ1) is 22.1. The highest BCUT2D eigenvalue weighted by atomic mass is 32.1. The maximum atomic E-state index is 12.9. The summed E-state index contributed by atoms with van der Waals surface area (Å²) in [7, 11) is 0. The van der Waals surface area contributed by atoms with Gasteiger partial charge < -0.3 is 9.32 Å². The lowest BCUT2D eigenvalue weighted by atomic mass is 9.97. The molecular weight excluding hydrogens is 470 g/mol. The third-order valence-corrected chi connectivity index (χ3v) is 7.37. The van der Waals surface area contributed by atoms with Gasteiger partial charge in [0.25, 0.3) is 0 Å². The van der Waals surface area contributed by atoms with Gasteiger partial charge >= 0.3 is 0 Å². The lowest BCUT2D eigenvalue weighted by molar-refractivity contribution is -0.131. The Kier molecular flexibility index (Phi) is 5.76. The number of carbonyl (C=O) groups is 1. The zero-order chi connectivity index (χ0) is 24.5. The number of hydrogen-bond acceptors (Lipinski definition) is 7. The Bertz CT molecular complexity index is 1620. The Labute approximate surface area is 211 Å². The van der Waals surface area contributed by atoms with Crippen molar-refractivity contribution >= 4 is 27.5 Å². The number of aromatic nitrogens is 3. The third kappa shape index (κ3) is 4.49. The van der Waals surface area contributed by atoms with E-state index in [4.69, 9.17) is 14.7 Å². The van der Waals surface area contributed by atoms with Crippen molar-refractivity contribution in [3.8, 4) is 17.2 Å². The number of carbonyl (C=O) groups excluding carboxylic acids is 1. The molecule has 0 atom stereocenters. The standard InChI is InChI=1S/C28H21N5O2S/c29-16-18-6-7-20-10-11-33(17-22(20)12-18)28(34)15-26-32-31-25(35-26)14-27-30-23-9-8-21(13-24(23)36-27)19-4-2-1-3-5-19/h1-9,12-13H,10-11,14-15,17H2. The summed E-state index contributed by atoms with van der Waals surface area (Å²) < 4.78 is 6.90. The van der Waals surface area contributed by atoms with Crippen LogP contribution in [0.25, 0.3) is 21.3 Å². The maximum absolute atomic E-state index is 12.9. The van der Waals surface area contributed by atoms with Crippen LogP contribution in [0.1, 0.15) is 33.5 Å². The molecule has 2 aromatic heterocycles. The molecule has 0 saturated carbocycles. The molecule has 1 aliphatic heterocycles. The van der Waals surface area contributed by atoms with E-state index in [1.807, 2.05) is 42.5 Å². The van der Waals surface area contributed by atoms with E-state index in [1.54, 1.807) is 16.2 Å². The van der Waals surface area contributed by atoms with Gasteiger partial charge in [-0.25, -0.2) is 4.98 Å². The molecule has 0 radical (unpaired) electrons. The Morgan fingerprint density at radius 1 is 1.00 bits per heavy atom. The van der Waals surface area contributed by atoms with Crippen LogP contribution in [-0.4, -0.2) is 32.5 Å². The third-order valence-electron chi connectivity index (χ3n) is 6.35. The lowest BCUT2D eigenvalue weighted by Gasteiger charge is -2.28. The highest BCUT2D eigenvalue weighted by Crippen LogP contribution is 2.29. The smallest absolute Gasteiger partial charge is 0.232 e.